The lowest BCUT2D eigenvalue weighted by Gasteiger charge is -2.22. The maximum absolute atomic E-state index is 13.0. The molecule has 1 unspecified atom stereocenters. The van der Waals surface area contributed by atoms with Crippen molar-refractivity contribution in [2.24, 2.45) is 0 Å². The van der Waals surface area contributed by atoms with Gasteiger partial charge in [-0.2, -0.15) is 5.10 Å². The highest BCUT2D eigenvalue weighted by Crippen LogP contribution is 2.19. The van der Waals surface area contributed by atoms with Crippen LogP contribution in [0, 0.1) is 5.82 Å². The van der Waals surface area contributed by atoms with Crippen molar-refractivity contribution in [2.75, 3.05) is 19.6 Å². The van der Waals surface area contributed by atoms with Crippen molar-refractivity contribution >= 4 is 5.91 Å². The molecule has 1 aliphatic heterocycles. The van der Waals surface area contributed by atoms with Crippen LogP contribution < -0.4 is 10.6 Å². The largest absolute Gasteiger partial charge is 0.444 e. The summed E-state index contributed by atoms with van der Waals surface area (Å²) in [6, 6.07) is 8.00. The monoisotopic (exact) mass is 383 g/mol. The summed E-state index contributed by atoms with van der Waals surface area (Å²) in [5.41, 5.74) is 1.84. The van der Waals surface area contributed by atoms with Crippen molar-refractivity contribution in [3.63, 3.8) is 0 Å². The molecule has 7 nitrogen and oxygen atoms in total. The Bertz CT molecular complexity index is 928. The Labute approximate surface area is 162 Å². The highest BCUT2D eigenvalue weighted by molar-refractivity contribution is 5.92. The Hall–Kier alpha value is -3.00. The highest BCUT2D eigenvalue weighted by atomic mass is 19.1. The first-order valence-corrected chi connectivity index (χ1v) is 9.43. The fraction of sp³-hybridized carbons (Fsp3) is 0.350. The van der Waals surface area contributed by atoms with Gasteiger partial charge in [0.1, 0.15) is 17.8 Å². The number of piperidine rings is 1. The fourth-order valence-corrected chi connectivity index (χ4v) is 3.26. The van der Waals surface area contributed by atoms with Crippen LogP contribution in [0.4, 0.5) is 4.39 Å². The van der Waals surface area contributed by atoms with Gasteiger partial charge in [0.25, 0.3) is 5.91 Å². The molecule has 146 valence electrons. The standard InChI is InChI=1S/C20H22FN5O2/c21-15-5-3-14(4-6-15)20-24-16(13-28-20)7-10-23-19(27)18-8-11-26(25-18)17-2-1-9-22-12-17/h3-6,8,11,13,17,22H,1-2,7,9-10,12H2,(H,23,27). The predicted octanol–water partition coefficient (Wildman–Crippen LogP) is 2.57. The van der Waals surface area contributed by atoms with Crippen molar-refractivity contribution in [1.82, 2.24) is 25.4 Å². The fourth-order valence-electron chi connectivity index (χ4n) is 3.26. The minimum atomic E-state index is -0.305. The van der Waals surface area contributed by atoms with Crippen molar-refractivity contribution < 1.29 is 13.6 Å². The normalized spacial score (nSPS) is 16.8. The van der Waals surface area contributed by atoms with Crippen molar-refractivity contribution in [3.05, 3.63) is 60.0 Å². The Morgan fingerprint density at radius 2 is 2.18 bits per heavy atom. The molecule has 3 heterocycles. The summed E-state index contributed by atoms with van der Waals surface area (Å²) in [6.45, 7) is 2.34. The van der Waals surface area contributed by atoms with Crippen LogP contribution in [-0.4, -0.2) is 40.3 Å². The minimum Gasteiger partial charge on any atom is -0.444 e. The SMILES string of the molecule is O=C(NCCc1coc(-c2ccc(F)cc2)n1)c1ccn(C2CCCNC2)n1. The first-order chi connectivity index (χ1) is 13.7. The summed E-state index contributed by atoms with van der Waals surface area (Å²) in [7, 11) is 0. The Morgan fingerprint density at radius 1 is 1.32 bits per heavy atom. The molecule has 3 aromatic rings. The first kappa shape index (κ1) is 18.4. The number of carbonyl (C=O) groups is 1. The van der Waals surface area contributed by atoms with Crippen molar-refractivity contribution in [2.45, 2.75) is 25.3 Å². The third kappa shape index (κ3) is 4.28. The van der Waals surface area contributed by atoms with E-state index in [1.807, 2.05) is 10.9 Å². The molecule has 2 N–H and O–H groups in total. The van der Waals surface area contributed by atoms with Gasteiger partial charge in [0.15, 0.2) is 0 Å². The maximum Gasteiger partial charge on any atom is 0.271 e. The molecule has 8 heteroatoms. The first-order valence-electron chi connectivity index (χ1n) is 9.43. The number of oxazole rings is 1. The van der Waals surface area contributed by atoms with Gasteiger partial charge in [-0.05, 0) is 49.7 Å². The second-order valence-electron chi connectivity index (χ2n) is 6.84. The molecule has 1 aliphatic rings. The van der Waals surface area contributed by atoms with Crippen LogP contribution in [0.3, 0.4) is 0 Å². The summed E-state index contributed by atoms with van der Waals surface area (Å²) >= 11 is 0. The molecule has 1 fully saturated rings. The zero-order chi connectivity index (χ0) is 19.3. The third-order valence-electron chi connectivity index (χ3n) is 4.80. The number of amides is 1. The third-order valence-corrected chi connectivity index (χ3v) is 4.80. The number of hydrogen-bond donors (Lipinski definition) is 2. The molecule has 4 rings (SSSR count). The number of aromatic nitrogens is 3. The summed E-state index contributed by atoms with van der Waals surface area (Å²) in [6.07, 6.45) is 6.13. The molecular weight excluding hydrogens is 361 g/mol. The Kier molecular flexibility index (Phi) is 5.48. The van der Waals surface area contributed by atoms with Gasteiger partial charge in [-0.1, -0.05) is 0 Å². The number of benzene rings is 1. The van der Waals surface area contributed by atoms with Gasteiger partial charge >= 0.3 is 0 Å². The molecular formula is C20H22FN5O2. The molecule has 28 heavy (non-hydrogen) atoms. The van der Waals surface area contributed by atoms with Gasteiger partial charge in [0, 0.05) is 31.3 Å². The summed E-state index contributed by atoms with van der Waals surface area (Å²) in [4.78, 5) is 16.7. The van der Waals surface area contributed by atoms with E-state index >= 15 is 0 Å². The van der Waals surface area contributed by atoms with Crippen LogP contribution in [0.15, 0.2) is 47.2 Å². The zero-order valence-electron chi connectivity index (χ0n) is 15.4. The molecule has 1 saturated heterocycles. The van der Waals surface area contributed by atoms with Gasteiger partial charge < -0.3 is 15.1 Å². The van der Waals surface area contributed by atoms with E-state index in [4.69, 9.17) is 4.42 Å². The summed E-state index contributed by atoms with van der Waals surface area (Å²) in [5, 5.41) is 10.6. The van der Waals surface area contributed by atoms with E-state index in [0.717, 1.165) is 31.6 Å². The molecule has 0 bridgehead atoms. The minimum absolute atomic E-state index is 0.204. The smallest absolute Gasteiger partial charge is 0.271 e. The highest BCUT2D eigenvalue weighted by Gasteiger charge is 2.17. The lowest BCUT2D eigenvalue weighted by atomic mass is 10.1. The van der Waals surface area contributed by atoms with Gasteiger partial charge in [0.05, 0.1) is 11.7 Å². The number of nitrogens with one attached hydrogen (secondary N) is 2. The lowest BCUT2D eigenvalue weighted by molar-refractivity contribution is 0.0947. The van der Waals surface area contributed by atoms with Crippen LogP contribution in [-0.2, 0) is 6.42 Å². The average Bonchev–Trinajstić information content (AvgIpc) is 3.39. The van der Waals surface area contributed by atoms with Gasteiger partial charge in [-0.25, -0.2) is 9.37 Å². The van der Waals surface area contributed by atoms with Crippen LogP contribution >= 0.6 is 0 Å². The molecule has 0 radical (unpaired) electrons. The zero-order valence-corrected chi connectivity index (χ0v) is 15.4. The van der Waals surface area contributed by atoms with E-state index in [1.54, 1.807) is 24.5 Å². The topological polar surface area (TPSA) is 85.0 Å². The molecule has 0 aliphatic carbocycles. The van der Waals surface area contributed by atoms with Crippen LogP contribution in [0.25, 0.3) is 11.5 Å². The molecule has 0 saturated carbocycles. The molecule has 1 aromatic carbocycles. The number of carbonyl (C=O) groups excluding carboxylic acids is 1. The maximum atomic E-state index is 13.0. The summed E-state index contributed by atoms with van der Waals surface area (Å²) < 4.78 is 20.3. The van der Waals surface area contributed by atoms with Gasteiger partial charge in [-0.15, -0.1) is 0 Å². The number of halogens is 1. The molecule has 1 amide bonds. The van der Waals surface area contributed by atoms with Gasteiger partial charge in [0.2, 0.25) is 5.89 Å². The van der Waals surface area contributed by atoms with Crippen molar-refractivity contribution in [3.8, 4) is 11.5 Å². The second-order valence-corrected chi connectivity index (χ2v) is 6.84. The predicted molar refractivity (Wildman–Crippen MR) is 101 cm³/mol. The van der Waals surface area contributed by atoms with E-state index in [2.05, 4.69) is 20.7 Å². The summed E-state index contributed by atoms with van der Waals surface area (Å²) in [5.74, 6) is -0.0774. The quantitative estimate of drug-likeness (QED) is 0.683. The van der Waals surface area contributed by atoms with Crippen LogP contribution in [0.2, 0.25) is 0 Å². The van der Waals surface area contributed by atoms with E-state index in [1.165, 1.54) is 12.1 Å². The van der Waals surface area contributed by atoms with Gasteiger partial charge in [-0.3, -0.25) is 9.48 Å². The van der Waals surface area contributed by atoms with E-state index in [9.17, 15) is 9.18 Å². The molecule has 1 atom stereocenters. The number of rotatable bonds is 6. The van der Waals surface area contributed by atoms with Crippen molar-refractivity contribution in [1.29, 1.82) is 0 Å². The van der Waals surface area contributed by atoms with Crippen LogP contribution in [0.5, 0.6) is 0 Å². The lowest BCUT2D eigenvalue weighted by Crippen LogP contribution is -2.32. The Morgan fingerprint density at radius 3 is 2.96 bits per heavy atom. The molecule has 0 spiro atoms. The second kappa shape index (κ2) is 8.35. The van der Waals surface area contributed by atoms with E-state index in [-0.39, 0.29) is 11.7 Å². The van der Waals surface area contributed by atoms with Crippen LogP contribution in [0.1, 0.15) is 35.1 Å². The average molecular weight is 383 g/mol. The number of hydrogen-bond acceptors (Lipinski definition) is 5. The number of nitrogens with zero attached hydrogens (tertiary/aromatic N) is 3. The molecule has 2 aromatic heterocycles. The van der Waals surface area contributed by atoms with E-state index in [0.29, 0.717) is 36.2 Å². The Balaban J connectivity index is 1.29. The van der Waals surface area contributed by atoms with E-state index < -0.39 is 0 Å².